The van der Waals surface area contributed by atoms with Crippen molar-refractivity contribution >= 4 is 5.69 Å². The molecule has 1 saturated carbocycles. The summed E-state index contributed by atoms with van der Waals surface area (Å²) in [5, 5.41) is 3.69. The van der Waals surface area contributed by atoms with Crippen LogP contribution in [0.2, 0.25) is 0 Å². The molecule has 0 saturated heterocycles. The first-order valence-electron chi connectivity index (χ1n) is 8.46. The quantitative estimate of drug-likeness (QED) is 0.892. The molecule has 1 aromatic carbocycles. The number of rotatable bonds is 3. The Balaban J connectivity index is 1.68. The van der Waals surface area contributed by atoms with Crippen LogP contribution in [0.5, 0.6) is 0 Å². The van der Waals surface area contributed by atoms with Gasteiger partial charge in [0.25, 0.3) is 0 Å². The van der Waals surface area contributed by atoms with Gasteiger partial charge in [0.1, 0.15) is 0 Å². The lowest BCUT2D eigenvalue weighted by atomic mass is 9.92. The van der Waals surface area contributed by atoms with Gasteiger partial charge in [0.15, 0.2) is 0 Å². The molecule has 1 unspecified atom stereocenters. The number of nitrogens with zero attached hydrogens (tertiary/aromatic N) is 1. The van der Waals surface area contributed by atoms with E-state index >= 15 is 0 Å². The second kappa shape index (κ2) is 6.62. The summed E-state index contributed by atoms with van der Waals surface area (Å²) >= 11 is 0. The molecular weight excluding hydrogens is 244 g/mol. The molecule has 2 aliphatic rings. The number of para-hydroxylation sites is 1. The highest BCUT2D eigenvalue weighted by Gasteiger charge is 2.27. The first-order chi connectivity index (χ1) is 9.88. The molecule has 20 heavy (non-hydrogen) atoms. The molecule has 1 N–H and O–H groups in total. The van der Waals surface area contributed by atoms with Crippen molar-refractivity contribution in [3.05, 3.63) is 29.8 Å². The highest BCUT2D eigenvalue weighted by Crippen LogP contribution is 2.28. The van der Waals surface area contributed by atoms with Crippen LogP contribution in [0.1, 0.15) is 51.0 Å². The molecule has 0 aromatic heterocycles. The van der Waals surface area contributed by atoms with Gasteiger partial charge in [-0.25, -0.2) is 0 Å². The van der Waals surface area contributed by atoms with Crippen molar-refractivity contribution in [1.82, 2.24) is 4.90 Å². The van der Waals surface area contributed by atoms with E-state index in [4.69, 9.17) is 0 Å². The van der Waals surface area contributed by atoms with Gasteiger partial charge in [0.2, 0.25) is 0 Å². The predicted molar refractivity (Wildman–Crippen MR) is 86.3 cm³/mol. The smallest absolute Gasteiger partial charge is 0.0373 e. The number of likely N-dealkylation sites (N-methyl/N-ethyl adjacent to an activating group) is 1. The largest absolute Gasteiger partial charge is 0.383 e. The molecule has 0 bridgehead atoms. The molecule has 110 valence electrons. The molecule has 0 radical (unpaired) electrons. The van der Waals surface area contributed by atoms with Crippen LogP contribution in [0.25, 0.3) is 0 Å². The van der Waals surface area contributed by atoms with Gasteiger partial charge >= 0.3 is 0 Å². The maximum absolute atomic E-state index is 3.69. The van der Waals surface area contributed by atoms with E-state index in [0.29, 0.717) is 6.04 Å². The summed E-state index contributed by atoms with van der Waals surface area (Å²) < 4.78 is 0. The highest BCUT2D eigenvalue weighted by atomic mass is 15.2. The predicted octanol–water partition coefficient (Wildman–Crippen LogP) is 4.07. The van der Waals surface area contributed by atoms with E-state index in [1.807, 2.05) is 0 Å². The van der Waals surface area contributed by atoms with Gasteiger partial charge < -0.3 is 5.32 Å². The van der Waals surface area contributed by atoms with Gasteiger partial charge in [0, 0.05) is 24.3 Å². The molecule has 1 aliphatic heterocycles. The normalized spacial score (nSPS) is 24.0. The number of fused-ring (bicyclic) bond motifs is 1. The molecule has 2 nitrogen and oxygen atoms in total. The second-order valence-corrected chi connectivity index (χ2v) is 6.35. The van der Waals surface area contributed by atoms with Crippen LogP contribution in [0, 0.1) is 0 Å². The Kier molecular flexibility index (Phi) is 4.62. The van der Waals surface area contributed by atoms with Crippen molar-refractivity contribution in [3.63, 3.8) is 0 Å². The average Bonchev–Trinajstić information content (AvgIpc) is 2.72. The van der Waals surface area contributed by atoms with Crippen LogP contribution in [-0.2, 0) is 6.42 Å². The Morgan fingerprint density at radius 1 is 1.05 bits per heavy atom. The third-order valence-electron chi connectivity index (χ3n) is 5.17. The molecule has 2 heteroatoms. The van der Waals surface area contributed by atoms with E-state index in [9.17, 15) is 0 Å². The van der Waals surface area contributed by atoms with Crippen molar-refractivity contribution in [2.24, 2.45) is 0 Å². The number of hydrogen-bond acceptors (Lipinski definition) is 2. The summed E-state index contributed by atoms with van der Waals surface area (Å²) in [4.78, 5) is 2.79. The number of hydrogen-bond donors (Lipinski definition) is 1. The molecule has 1 fully saturated rings. The zero-order chi connectivity index (χ0) is 13.8. The summed E-state index contributed by atoms with van der Waals surface area (Å²) in [6, 6.07) is 10.4. The number of aryl methyl sites for hydroxylation is 1. The monoisotopic (exact) mass is 272 g/mol. The summed E-state index contributed by atoms with van der Waals surface area (Å²) in [6.45, 7) is 4.65. The Morgan fingerprint density at radius 3 is 2.65 bits per heavy atom. The highest BCUT2D eigenvalue weighted by molar-refractivity contribution is 5.52. The zero-order valence-electron chi connectivity index (χ0n) is 12.8. The van der Waals surface area contributed by atoms with Gasteiger partial charge in [-0.15, -0.1) is 0 Å². The van der Waals surface area contributed by atoms with Crippen LogP contribution in [0.3, 0.4) is 0 Å². The molecule has 1 heterocycles. The third kappa shape index (κ3) is 3.01. The van der Waals surface area contributed by atoms with E-state index in [-0.39, 0.29) is 0 Å². The minimum atomic E-state index is 0.704. The van der Waals surface area contributed by atoms with Crippen LogP contribution < -0.4 is 5.32 Å². The number of benzene rings is 1. The van der Waals surface area contributed by atoms with Gasteiger partial charge in [-0.05, 0) is 43.9 Å². The fraction of sp³-hybridized carbons (Fsp3) is 0.667. The van der Waals surface area contributed by atoms with Crippen molar-refractivity contribution in [3.8, 4) is 0 Å². The van der Waals surface area contributed by atoms with Gasteiger partial charge in [-0.3, -0.25) is 4.90 Å². The molecule has 1 aromatic rings. The Morgan fingerprint density at radius 2 is 1.85 bits per heavy atom. The maximum atomic E-state index is 3.69. The van der Waals surface area contributed by atoms with Crippen LogP contribution in [0.15, 0.2) is 24.3 Å². The van der Waals surface area contributed by atoms with E-state index in [0.717, 1.165) is 12.6 Å². The molecule has 0 spiro atoms. The lowest BCUT2D eigenvalue weighted by molar-refractivity contribution is 0.112. The Hall–Kier alpha value is -1.02. The van der Waals surface area contributed by atoms with Crippen molar-refractivity contribution in [2.45, 2.75) is 64.0 Å². The molecule has 1 aliphatic carbocycles. The van der Waals surface area contributed by atoms with E-state index in [1.165, 1.54) is 62.7 Å². The fourth-order valence-corrected chi connectivity index (χ4v) is 4.07. The standard InChI is InChI=1S/C18H28N2/c1-2-20(16-9-4-3-5-10-16)17-13-12-15-8-6-7-11-18(15)19-14-17/h6-8,11,16-17,19H,2-5,9-10,12-14H2,1H3. The van der Waals surface area contributed by atoms with E-state index < -0.39 is 0 Å². The van der Waals surface area contributed by atoms with Crippen molar-refractivity contribution < 1.29 is 0 Å². The zero-order valence-corrected chi connectivity index (χ0v) is 12.8. The molecular formula is C18H28N2. The summed E-state index contributed by atoms with van der Waals surface area (Å²) in [6.07, 6.45) is 9.66. The lowest BCUT2D eigenvalue weighted by Gasteiger charge is -2.39. The van der Waals surface area contributed by atoms with Crippen molar-refractivity contribution in [1.29, 1.82) is 0 Å². The Bertz CT molecular complexity index is 396. The first-order valence-corrected chi connectivity index (χ1v) is 8.46. The van der Waals surface area contributed by atoms with Crippen molar-refractivity contribution in [2.75, 3.05) is 18.4 Å². The lowest BCUT2D eigenvalue weighted by Crippen LogP contribution is -2.46. The summed E-state index contributed by atoms with van der Waals surface area (Å²) in [7, 11) is 0. The Labute approximate surface area is 123 Å². The van der Waals surface area contributed by atoms with Gasteiger partial charge in [0.05, 0.1) is 0 Å². The maximum Gasteiger partial charge on any atom is 0.0373 e. The topological polar surface area (TPSA) is 15.3 Å². The SMILES string of the molecule is CCN(C1CCCCC1)C1CCc2ccccc2NC1. The van der Waals surface area contributed by atoms with E-state index in [1.54, 1.807) is 0 Å². The third-order valence-corrected chi connectivity index (χ3v) is 5.17. The summed E-state index contributed by atoms with van der Waals surface area (Å²) in [5.41, 5.74) is 2.85. The van der Waals surface area contributed by atoms with E-state index in [2.05, 4.69) is 41.4 Å². The minimum Gasteiger partial charge on any atom is -0.383 e. The fourth-order valence-electron chi connectivity index (χ4n) is 4.07. The van der Waals surface area contributed by atoms with Crippen LogP contribution in [0.4, 0.5) is 5.69 Å². The first kappa shape index (κ1) is 13.9. The molecule has 1 atom stereocenters. The second-order valence-electron chi connectivity index (χ2n) is 6.35. The van der Waals surface area contributed by atoms with Gasteiger partial charge in [-0.2, -0.15) is 0 Å². The molecule has 3 rings (SSSR count). The summed E-state index contributed by atoms with van der Waals surface area (Å²) in [5.74, 6) is 0. The van der Waals surface area contributed by atoms with Crippen LogP contribution in [-0.4, -0.2) is 30.1 Å². The number of anilines is 1. The number of nitrogens with one attached hydrogen (secondary N) is 1. The van der Waals surface area contributed by atoms with Gasteiger partial charge in [-0.1, -0.05) is 44.4 Å². The van der Waals surface area contributed by atoms with Crippen LogP contribution >= 0.6 is 0 Å². The average molecular weight is 272 g/mol. The minimum absolute atomic E-state index is 0.704. The molecule has 0 amide bonds.